The van der Waals surface area contributed by atoms with Crippen LogP contribution < -0.4 is 5.32 Å². The summed E-state index contributed by atoms with van der Waals surface area (Å²) in [4.78, 5) is 27.7. The Kier molecular flexibility index (Phi) is 4.42. The molecule has 0 radical (unpaired) electrons. The highest BCUT2D eigenvalue weighted by Crippen LogP contribution is 2.49. The monoisotopic (exact) mass is 401 g/mol. The SMILES string of the molecule is Cc1oncc1C(=O)N1CCc2ccc(NC(=O)C3(c4ccccc4)CC3)cc2C1. The van der Waals surface area contributed by atoms with Gasteiger partial charge in [-0.15, -0.1) is 0 Å². The Labute approximate surface area is 174 Å². The number of benzene rings is 2. The normalized spacial score (nSPS) is 16.6. The summed E-state index contributed by atoms with van der Waals surface area (Å²) in [5.74, 6) is 0.495. The van der Waals surface area contributed by atoms with Crippen LogP contribution in [0.1, 0.15) is 45.7 Å². The van der Waals surface area contributed by atoms with Crippen molar-refractivity contribution >= 4 is 17.5 Å². The Bertz CT molecular complexity index is 1120. The van der Waals surface area contributed by atoms with Crippen LogP contribution in [0.5, 0.6) is 0 Å². The van der Waals surface area contributed by atoms with E-state index in [1.54, 1.807) is 11.8 Å². The zero-order valence-electron chi connectivity index (χ0n) is 16.9. The third-order valence-electron chi connectivity index (χ3n) is 6.26. The minimum absolute atomic E-state index is 0.0393. The van der Waals surface area contributed by atoms with Crippen molar-refractivity contribution in [3.05, 3.63) is 82.7 Å². The predicted molar refractivity (Wildman–Crippen MR) is 112 cm³/mol. The third-order valence-corrected chi connectivity index (χ3v) is 6.26. The van der Waals surface area contributed by atoms with E-state index in [1.165, 1.54) is 11.8 Å². The maximum Gasteiger partial charge on any atom is 0.259 e. The number of nitrogens with one attached hydrogen (secondary N) is 1. The van der Waals surface area contributed by atoms with E-state index < -0.39 is 5.41 Å². The number of carbonyl (C=O) groups is 2. The van der Waals surface area contributed by atoms with E-state index in [9.17, 15) is 9.59 Å². The fourth-order valence-corrected chi connectivity index (χ4v) is 4.26. The van der Waals surface area contributed by atoms with Gasteiger partial charge < -0.3 is 14.7 Å². The second-order valence-electron chi connectivity index (χ2n) is 8.16. The van der Waals surface area contributed by atoms with Crippen molar-refractivity contribution in [2.45, 2.75) is 38.1 Å². The van der Waals surface area contributed by atoms with Crippen LogP contribution in [0, 0.1) is 6.92 Å². The summed E-state index contributed by atoms with van der Waals surface area (Å²) < 4.78 is 5.04. The molecule has 5 rings (SSSR count). The lowest BCUT2D eigenvalue weighted by molar-refractivity contribution is -0.118. The van der Waals surface area contributed by atoms with Crippen LogP contribution in [-0.2, 0) is 23.2 Å². The molecule has 1 N–H and O–H groups in total. The summed E-state index contributed by atoms with van der Waals surface area (Å²) in [6.07, 6.45) is 4.00. The zero-order valence-corrected chi connectivity index (χ0v) is 16.9. The third kappa shape index (κ3) is 3.18. The largest absolute Gasteiger partial charge is 0.361 e. The van der Waals surface area contributed by atoms with Crippen molar-refractivity contribution in [1.82, 2.24) is 10.1 Å². The number of rotatable bonds is 4. The van der Waals surface area contributed by atoms with Crippen molar-refractivity contribution < 1.29 is 14.1 Å². The van der Waals surface area contributed by atoms with Gasteiger partial charge in [0.05, 0.1) is 11.6 Å². The number of aryl methyl sites for hydroxylation is 1. The lowest BCUT2D eigenvalue weighted by atomic mass is 9.94. The number of anilines is 1. The van der Waals surface area contributed by atoms with Crippen LogP contribution >= 0.6 is 0 Å². The Morgan fingerprint density at radius 2 is 1.90 bits per heavy atom. The van der Waals surface area contributed by atoms with Crippen LogP contribution in [0.15, 0.2) is 59.3 Å². The van der Waals surface area contributed by atoms with Gasteiger partial charge in [-0.3, -0.25) is 9.59 Å². The molecule has 1 saturated carbocycles. The number of aromatic nitrogens is 1. The Balaban J connectivity index is 1.33. The number of fused-ring (bicyclic) bond motifs is 1. The van der Waals surface area contributed by atoms with Gasteiger partial charge in [-0.2, -0.15) is 0 Å². The molecule has 3 aromatic rings. The first-order chi connectivity index (χ1) is 14.6. The van der Waals surface area contributed by atoms with Crippen LogP contribution in [0.25, 0.3) is 0 Å². The molecule has 0 atom stereocenters. The first-order valence-corrected chi connectivity index (χ1v) is 10.3. The first kappa shape index (κ1) is 18.6. The number of carbonyl (C=O) groups excluding carboxylic acids is 2. The van der Waals surface area contributed by atoms with Gasteiger partial charge in [0.25, 0.3) is 5.91 Å². The standard InChI is InChI=1S/C24H23N3O3/c1-16-21(14-25-30-16)22(28)27-12-9-17-7-8-20(13-18(17)15-27)26-23(29)24(10-11-24)19-5-3-2-4-6-19/h2-8,13-14H,9-12,15H2,1H3,(H,26,29). The predicted octanol–water partition coefficient (Wildman–Crippen LogP) is 3.85. The van der Waals surface area contributed by atoms with Crippen molar-refractivity contribution in [3.8, 4) is 0 Å². The van der Waals surface area contributed by atoms with Crippen molar-refractivity contribution in [2.75, 3.05) is 11.9 Å². The Morgan fingerprint density at radius 1 is 1.10 bits per heavy atom. The average molecular weight is 401 g/mol. The van der Waals surface area contributed by atoms with Gasteiger partial charge in [0.2, 0.25) is 5.91 Å². The van der Waals surface area contributed by atoms with E-state index in [2.05, 4.69) is 16.5 Å². The van der Waals surface area contributed by atoms with Gasteiger partial charge in [0, 0.05) is 18.8 Å². The van der Waals surface area contributed by atoms with E-state index in [1.807, 2.05) is 42.5 Å². The highest BCUT2D eigenvalue weighted by Gasteiger charge is 2.51. The molecule has 2 heterocycles. The molecule has 1 fully saturated rings. The molecule has 2 amide bonds. The minimum Gasteiger partial charge on any atom is -0.361 e. The van der Waals surface area contributed by atoms with E-state index in [0.717, 1.165) is 36.1 Å². The van der Waals surface area contributed by atoms with Crippen molar-refractivity contribution in [2.24, 2.45) is 0 Å². The minimum atomic E-state index is -0.412. The molecule has 0 spiro atoms. The second-order valence-corrected chi connectivity index (χ2v) is 8.16. The van der Waals surface area contributed by atoms with E-state index in [-0.39, 0.29) is 11.8 Å². The number of amides is 2. The molecule has 6 nitrogen and oxygen atoms in total. The molecule has 0 saturated heterocycles. The van der Waals surface area contributed by atoms with Crippen LogP contribution in [0.2, 0.25) is 0 Å². The summed E-state index contributed by atoms with van der Waals surface area (Å²) in [6.45, 7) is 2.90. The molecule has 2 aliphatic rings. The molecular formula is C24H23N3O3. The van der Waals surface area contributed by atoms with Gasteiger partial charge in [-0.05, 0) is 55.0 Å². The lowest BCUT2D eigenvalue weighted by Gasteiger charge is -2.29. The molecule has 6 heteroatoms. The van der Waals surface area contributed by atoms with Gasteiger partial charge in [-0.1, -0.05) is 41.6 Å². The molecule has 30 heavy (non-hydrogen) atoms. The van der Waals surface area contributed by atoms with Crippen LogP contribution in [-0.4, -0.2) is 28.4 Å². The van der Waals surface area contributed by atoms with E-state index in [4.69, 9.17) is 4.52 Å². The summed E-state index contributed by atoms with van der Waals surface area (Å²) >= 11 is 0. The average Bonchev–Trinajstić information content (AvgIpc) is 3.49. The zero-order chi connectivity index (χ0) is 20.7. The van der Waals surface area contributed by atoms with E-state index >= 15 is 0 Å². The molecule has 152 valence electrons. The molecule has 0 unspecified atom stereocenters. The fraction of sp³-hybridized carbons (Fsp3) is 0.292. The molecule has 2 aromatic carbocycles. The topological polar surface area (TPSA) is 75.4 Å². The quantitative estimate of drug-likeness (QED) is 0.721. The Hall–Kier alpha value is -3.41. The lowest BCUT2D eigenvalue weighted by Crippen LogP contribution is -2.36. The molecular weight excluding hydrogens is 378 g/mol. The first-order valence-electron chi connectivity index (χ1n) is 10.3. The highest BCUT2D eigenvalue weighted by atomic mass is 16.5. The molecule has 1 aliphatic heterocycles. The number of hydrogen-bond acceptors (Lipinski definition) is 4. The molecule has 0 bridgehead atoms. The summed E-state index contributed by atoms with van der Waals surface area (Å²) in [7, 11) is 0. The van der Waals surface area contributed by atoms with Crippen molar-refractivity contribution in [1.29, 1.82) is 0 Å². The van der Waals surface area contributed by atoms with E-state index in [0.29, 0.717) is 24.4 Å². The number of nitrogens with zero attached hydrogens (tertiary/aromatic N) is 2. The van der Waals surface area contributed by atoms with Gasteiger partial charge in [-0.25, -0.2) is 0 Å². The summed E-state index contributed by atoms with van der Waals surface area (Å²) in [6, 6.07) is 16.0. The number of hydrogen-bond donors (Lipinski definition) is 1. The van der Waals surface area contributed by atoms with Gasteiger partial charge in [0.1, 0.15) is 11.3 Å². The van der Waals surface area contributed by atoms with Crippen molar-refractivity contribution in [3.63, 3.8) is 0 Å². The smallest absolute Gasteiger partial charge is 0.259 e. The van der Waals surface area contributed by atoms with Gasteiger partial charge in [0.15, 0.2) is 0 Å². The second kappa shape index (κ2) is 7.13. The maximum absolute atomic E-state index is 13.0. The molecule has 1 aromatic heterocycles. The maximum atomic E-state index is 13.0. The Morgan fingerprint density at radius 3 is 2.60 bits per heavy atom. The summed E-state index contributed by atoms with van der Waals surface area (Å²) in [5.41, 5.74) is 4.21. The van der Waals surface area contributed by atoms with Gasteiger partial charge >= 0.3 is 0 Å². The molecule has 1 aliphatic carbocycles. The summed E-state index contributed by atoms with van der Waals surface area (Å²) in [5, 5.41) is 6.82. The fourth-order valence-electron chi connectivity index (χ4n) is 4.26. The van der Waals surface area contributed by atoms with Crippen LogP contribution in [0.3, 0.4) is 0 Å². The highest BCUT2D eigenvalue weighted by molar-refractivity contribution is 6.01. The van der Waals surface area contributed by atoms with Crippen LogP contribution in [0.4, 0.5) is 5.69 Å².